The quantitative estimate of drug-likeness (QED) is 0.779. The van der Waals surface area contributed by atoms with Crippen molar-refractivity contribution in [2.24, 2.45) is 5.92 Å². The van der Waals surface area contributed by atoms with Gasteiger partial charge in [-0.1, -0.05) is 24.3 Å². The van der Waals surface area contributed by atoms with Crippen LogP contribution < -0.4 is 0 Å². The molecule has 1 aliphatic heterocycles. The summed E-state index contributed by atoms with van der Waals surface area (Å²) >= 11 is 0. The molecular weight excluding hydrogens is 292 g/mol. The number of benzene rings is 1. The standard InChI is InChI=1S/C18H26N2O3/c1-13-7-5-6-8-16(13)17(18(22)23-4)19(3)11-15-9-10-20(12-15)14(2)21/h5-8,15,17H,9-12H2,1-4H3/t15-,17+/m0/s1. The molecule has 0 aromatic heterocycles. The summed E-state index contributed by atoms with van der Waals surface area (Å²) in [5.74, 6) is 0.266. The van der Waals surface area contributed by atoms with E-state index in [9.17, 15) is 9.59 Å². The normalized spacial score (nSPS) is 19.0. The summed E-state index contributed by atoms with van der Waals surface area (Å²) in [6.45, 7) is 5.95. The van der Waals surface area contributed by atoms with Crippen molar-refractivity contribution in [3.05, 3.63) is 35.4 Å². The number of esters is 1. The number of hydrogen-bond acceptors (Lipinski definition) is 4. The molecule has 0 aliphatic carbocycles. The van der Waals surface area contributed by atoms with Crippen LogP contribution in [0.4, 0.5) is 0 Å². The highest BCUT2D eigenvalue weighted by atomic mass is 16.5. The van der Waals surface area contributed by atoms with Crippen LogP contribution in [0.15, 0.2) is 24.3 Å². The molecule has 0 radical (unpaired) electrons. The average molecular weight is 318 g/mol. The molecule has 0 N–H and O–H groups in total. The Morgan fingerprint density at radius 1 is 1.39 bits per heavy atom. The van der Waals surface area contributed by atoms with Crippen LogP contribution in [0.25, 0.3) is 0 Å². The summed E-state index contributed by atoms with van der Waals surface area (Å²) in [7, 11) is 3.37. The fourth-order valence-electron chi connectivity index (χ4n) is 3.33. The molecule has 1 heterocycles. The highest BCUT2D eigenvalue weighted by Gasteiger charge is 2.31. The third kappa shape index (κ3) is 4.10. The molecule has 0 spiro atoms. The summed E-state index contributed by atoms with van der Waals surface area (Å²) in [5, 5.41) is 0. The van der Waals surface area contributed by atoms with Gasteiger partial charge in [0, 0.05) is 26.6 Å². The van der Waals surface area contributed by atoms with Gasteiger partial charge in [-0.15, -0.1) is 0 Å². The Morgan fingerprint density at radius 3 is 2.65 bits per heavy atom. The number of likely N-dealkylation sites (tertiary alicyclic amines) is 1. The largest absolute Gasteiger partial charge is 0.468 e. The van der Waals surface area contributed by atoms with Crippen molar-refractivity contribution in [2.45, 2.75) is 26.3 Å². The van der Waals surface area contributed by atoms with Gasteiger partial charge < -0.3 is 9.64 Å². The number of nitrogens with zero attached hydrogens (tertiary/aromatic N) is 2. The van der Waals surface area contributed by atoms with Gasteiger partial charge in [0.1, 0.15) is 6.04 Å². The minimum Gasteiger partial charge on any atom is -0.468 e. The molecule has 1 saturated heterocycles. The lowest BCUT2D eigenvalue weighted by molar-refractivity contribution is -0.147. The van der Waals surface area contributed by atoms with Crippen LogP contribution in [0, 0.1) is 12.8 Å². The molecule has 23 heavy (non-hydrogen) atoms. The first-order valence-electron chi connectivity index (χ1n) is 8.03. The van der Waals surface area contributed by atoms with Crippen LogP contribution in [0.2, 0.25) is 0 Å². The first-order valence-corrected chi connectivity index (χ1v) is 8.03. The second kappa shape index (κ2) is 7.59. The van der Waals surface area contributed by atoms with Crippen molar-refractivity contribution < 1.29 is 14.3 Å². The Balaban J connectivity index is 2.12. The molecule has 5 nitrogen and oxygen atoms in total. The summed E-state index contributed by atoms with van der Waals surface area (Å²) in [6, 6.07) is 7.48. The monoisotopic (exact) mass is 318 g/mol. The minimum atomic E-state index is -0.410. The van der Waals surface area contributed by atoms with Gasteiger partial charge in [-0.2, -0.15) is 0 Å². The number of carbonyl (C=O) groups excluding carboxylic acids is 2. The average Bonchev–Trinajstić information content (AvgIpc) is 2.98. The van der Waals surface area contributed by atoms with Crippen LogP contribution in [-0.2, 0) is 14.3 Å². The van der Waals surface area contributed by atoms with E-state index in [4.69, 9.17) is 4.74 Å². The Morgan fingerprint density at radius 2 is 2.09 bits per heavy atom. The molecule has 2 rings (SSSR count). The van der Waals surface area contributed by atoms with E-state index in [0.717, 1.165) is 37.2 Å². The van der Waals surface area contributed by atoms with Crippen molar-refractivity contribution in [1.29, 1.82) is 0 Å². The number of amides is 1. The third-order valence-electron chi connectivity index (χ3n) is 4.63. The van der Waals surface area contributed by atoms with E-state index < -0.39 is 6.04 Å². The SMILES string of the molecule is COC(=O)[C@@H](c1ccccc1C)N(C)C[C@@H]1CCN(C(C)=O)C1. The van der Waals surface area contributed by atoms with Crippen molar-refractivity contribution in [2.75, 3.05) is 33.8 Å². The van der Waals surface area contributed by atoms with E-state index in [-0.39, 0.29) is 11.9 Å². The molecule has 1 aliphatic rings. The fourth-order valence-corrected chi connectivity index (χ4v) is 3.33. The van der Waals surface area contributed by atoms with Crippen LogP contribution in [-0.4, -0.2) is 55.5 Å². The van der Waals surface area contributed by atoms with Crippen LogP contribution in [0.5, 0.6) is 0 Å². The van der Waals surface area contributed by atoms with E-state index in [1.807, 2.05) is 48.0 Å². The second-order valence-corrected chi connectivity index (χ2v) is 6.34. The molecule has 0 unspecified atom stereocenters. The highest BCUT2D eigenvalue weighted by molar-refractivity contribution is 5.78. The maximum Gasteiger partial charge on any atom is 0.327 e. The first-order chi connectivity index (χ1) is 10.9. The zero-order valence-electron chi connectivity index (χ0n) is 14.4. The fraction of sp³-hybridized carbons (Fsp3) is 0.556. The topological polar surface area (TPSA) is 49.9 Å². The number of carbonyl (C=O) groups is 2. The maximum absolute atomic E-state index is 12.3. The number of hydrogen-bond donors (Lipinski definition) is 0. The zero-order chi connectivity index (χ0) is 17.0. The molecule has 2 atom stereocenters. The lowest BCUT2D eigenvalue weighted by Crippen LogP contribution is -2.36. The van der Waals surface area contributed by atoms with Crippen molar-refractivity contribution in [3.8, 4) is 0 Å². The van der Waals surface area contributed by atoms with Crippen LogP contribution >= 0.6 is 0 Å². The third-order valence-corrected chi connectivity index (χ3v) is 4.63. The Labute approximate surface area is 138 Å². The van der Waals surface area contributed by atoms with Gasteiger partial charge in [0.25, 0.3) is 0 Å². The summed E-state index contributed by atoms with van der Waals surface area (Å²) in [5.41, 5.74) is 2.05. The maximum atomic E-state index is 12.3. The molecule has 126 valence electrons. The van der Waals surface area contributed by atoms with Crippen molar-refractivity contribution in [1.82, 2.24) is 9.80 Å². The number of aryl methyl sites for hydroxylation is 1. The number of ether oxygens (including phenoxy) is 1. The molecule has 0 bridgehead atoms. The van der Waals surface area contributed by atoms with Crippen molar-refractivity contribution in [3.63, 3.8) is 0 Å². The van der Waals surface area contributed by atoms with Gasteiger partial charge in [0.15, 0.2) is 0 Å². The number of rotatable bonds is 5. The van der Waals surface area contributed by atoms with E-state index in [1.54, 1.807) is 6.92 Å². The second-order valence-electron chi connectivity index (χ2n) is 6.34. The van der Waals surface area contributed by atoms with Crippen molar-refractivity contribution >= 4 is 11.9 Å². The number of likely N-dealkylation sites (N-methyl/N-ethyl adjacent to an activating group) is 1. The molecule has 0 saturated carbocycles. The Hall–Kier alpha value is -1.88. The predicted molar refractivity (Wildman–Crippen MR) is 88.9 cm³/mol. The summed E-state index contributed by atoms with van der Waals surface area (Å²) in [4.78, 5) is 27.7. The molecule has 1 amide bonds. The predicted octanol–water partition coefficient (Wildman–Crippen LogP) is 2.01. The highest BCUT2D eigenvalue weighted by Crippen LogP contribution is 2.27. The molecule has 1 aromatic carbocycles. The van der Waals surface area contributed by atoms with Gasteiger partial charge in [0.2, 0.25) is 5.91 Å². The van der Waals surface area contributed by atoms with Gasteiger partial charge in [-0.3, -0.25) is 9.69 Å². The Kier molecular flexibility index (Phi) is 5.77. The summed E-state index contributed by atoms with van der Waals surface area (Å²) < 4.78 is 5.02. The van der Waals surface area contributed by atoms with E-state index >= 15 is 0 Å². The van der Waals surface area contributed by atoms with Crippen LogP contribution in [0.1, 0.15) is 30.5 Å². The first kappa shape index (κ1) is 17.5. The van der Waals surface area contributed by atoms with E-state index in [1.165, 1.54) is 7.11 Å². The summed E-state index contributed by atoms with van der Waals surface area (Å²) in [6.07, 6.45) is 0.978. The molecular formula is C18H26N2O3. The zero-order valence-corrected chi connectivity index (χ0v) is 14.4. The van der Waals surface area contributed by atoms with Gasteiger partial charge in [-0.25, -0.2) is 4.79 Å². The lowest BCUT2D eigenvalue weighted by atomic mass is 9.99. The minimum absolute atomic E-state index is 0.124. The van der Waals surface area contributed by atoms with E-state index in [2.05, 4.69) is 0 Å². The van der Waals surface area contributed by atoms with Crippen LogP contribution in [0.3, 0.4) is 0 Å². The number of methoxy groups -OCH3 is 1. The lowest BCUT2D eigenvalue weighted by Gasteiger charge is -2.29. The Bertz CT molecular complexity index is 573. The smallest absolute Gasteiger partial charge is 0.327 e. The molecule has 1 aromatic rings. The molecule has 1 fully saturated rings. The van der Waals surface area contributed by atoms with Gasteiger partial charge in [0.05, 0.1) is 7.11 Å². The van der Waals surface area contributed by atoms with Gasteiger partial charge >= 0.3 is 5.97 Å². The van der Waals surface area contributed by atoms with Gasteiger partial charge in [-0.05, 0) is 37.4 Å². The van der Waals surface area contributed by atoms with E-state index in [0.29, 0.717) is 5.92 Å². The molecule has 5 heteroatoms.